The smallest absolute Gasteiger partial charge is 0.325 e. The Bertz CT molecular complexity index is 1260. The molecule has 5 unspecified atom stereocenters. The first-order valence-electron chi connectivity index (χ1n) is 15.3. The number of urea groups is 1. The van der Waals surface area contributed by atoms with Gasteiger partial charge in [0.1, 0.15) is 18.2 Å². The Morgan fingerprint density at radius 3 is 2.34 bits per heavy atom. The number of nitrogens with one attached hydrogen (secondary N) is 2. The van der Waals surface area contributed by atoms with E-state index in [-0.39, 0.29) is 49.9 Å². The van der Waals surface area contributed by atoms with Crippen molar-refractivity contribution in [2.45, 2.75) is 84.2 Å². The van der Waals surface area contributed by atoms with Crippen molar-refractivity contribution in [3.63, 3.8) is 0 Å². The second-order valence-electron chi connectivity index (χ2n) is 12.2. The maximum Gasteiger partial charge on any atom is 0.325 e. The van der Waals surface area contributed by atoms with Gasteiger partial charge in [-0.2, -0.15) is 0 Å². The molecule has 2 aromatic carbocycles. The first-order chi connectivity index (χ1) is 21.0. The number of esters is 2. The first-order valence-corrected chi connectivity index (χ1v) is 15.3. The first kappa shape index (κ1) is 33.4. The van der Waals surface area contributed by atoms with Gasteiger partial charge in [0.05, 0.1) is 25.4 Å². The summed E-state index contributed by atoms with van der Waals surface area (Å²) in [6.07, 6.45) is 0.377. The van der Waals surface area contributed by atoms with Crippen LogP contribution in [0.2, 0.25) is 0 Å². The maximum atomic E-state index is 13.0. The molecule has 2 aliphatic rings. The second-order valence-corrected chi connectivity index (χ2v) is 12.2. The van der Waals surface area contributed by atoms with Crippen LogP contribution in [0.3, 0.4) is 0 Å². The lowest BCUT2D eigenvalue weighted by Crippen LogP contribution is -2.48. The van der Waals surface area contributed by atoms with Crippen molar-refractivity contribution >= 4 is 23.7 Å². The van der Waals surface area contributed by atoms with Gasteiger partial charge in [-0.15, -0.1) is 0 Å². The van der Waals surface area contributed by atoms with E-state index in [4.69, 9.17) is 18.9 Å². The van der Waals surface area contributed by atoms with Gasteiger partial charge in [-0.25, -0.2) is 4.79 Å². The summed E-state index contributed by atoms with van der Waals surface area (Å²) in [5, 5.41) is 14.7. The van der Waals surface area contributed by atoms with Gasteiger partial charge in [-0.1, -0.05) is 43.3 Å². The van der Waals surface area contributed by atoms with Crippen LogP contribution in [0, 0.1) is 5.92 Å². The highest BCUT2D eigenvalue weighted by atomic mass is 16.7. The molecule has 0 radical (unpaired) electrons. The zero-order chi connectivity index (χ0) is 31.9. The molecule has 2 aromatic rings. The number of hydrogen-bond acceptors (Lipinski definition) is 9. The zero-order valence-corrected chi connectivity index (χ0v) is 26.2. The Hall–Kier alpha value is -3.51. The van der Waals surface area contributed by atoms with E-state index < -0.39 is 23.9 Å². The van der Waals surface area contributed by atoms with Crippen LogP contribution in [0.1, 0.15) is 76.5 Å². The average molecular weight is 612 g/mol. The van der Waals surface area contributed by atoms with E-state index in [2.05, 4.69) is 22.5 Å². The number of rotatable bonds is 10. The predicted octanol–water partition coefficient (Wildman–Crippen LogP) is 4.46. The molecule has 4 rings (SSSR count). The van der Waals surface area contributed by atoms with Crippen LogP contribution in [-0.4, -0.2) is 72.0 Å². The van der Waals surface area contributed by atoms with Gasteiger partial charge in [0.25, 0.3) is 0 Å². The Balaban J connectivity index is 1.50. The molecular formula is C33H45N3O8. The highest BCUT2D eigenvalue weighted by Crippen LogP contribution is 2.42. The fraction of sp³-hybridized carbons (Fsp3) is 0.545. The third-order valence-electron chi connectivity index (χ3n) is 7.72. The lowest BCUT2D eigenvalue weighted by molar-refractivity contribution is -0.276. The van der Waals surface area contributed by atoms with Crippen LogP contribution in [0.5, 0.6) is 0 Å². The summed E-state index contributed by atoms with van der Waals surface area (Å²) in [5.74, 6) is -0.771. The Morgan fingerprint density at radius 2 is 1.70 bits per heavy atom. The number of aliphatic hydroxyl groups excluding tert-OH is 1. The van der Waals surface area contributed by atoms with E-state index in [9.17, 15) is 19.5 Å². The minimum absolute atomic E-state index is 0.0437. The normalized spacial score (nSPS) is 24.0. The summed E-state index contributed by atoms with van der Waals surface area (Å²) in [5.41, 5.74) is 2.52. The average Bonchev–Trinajstić information content (AvgIpc) is 3.45. The molecule has 2 amide bonds. The largest absolute Gasteiger partial charge is 0.465 e. The van der Waals surface area contributed by atoms with Gasteiger partial charge in [-0.05, 0) is 70.3 Å². The van der Waals surface area contributed by atoms with Crippen molar-refractivity contribution < 1.29 is 38.4 Å². The number of anilines is 1. The second kappa shape index (κ2) is 15.0. The van der Waals surface area contributed by atoms with Gasteiger partial charge in [0.2, 0.25) is 0 Å². The molecular weight excluding hydrogens is 566 g/mol. The summed E-state index contributed by atoms with van der Waals surface area (Å²) in [7, 11) is 0. The van der Waals surface area contributed by atoms with E-state index in [1.54, 1.807) is 19.1 Å². The number of likely N-dealkylation sites (tertiary alicyclic amines) is 1. The summed E-state index contributed by atoms with van der Waals surface area (Å²) in [6, 6.07) is 14.0. The minimum atomic E-state index is -0.701. The fourth-order valence-corrected chi connectivity index (χ4v) is 5.50. The van der Waals surface area contributed by atoms with E-state index >= 15 is 0 Å². The molecule has 2 fully saturated rings. The molecule has 5 atom stereocenters. The summed E-state index contributed by atoms with van der Waals surface area (Å²) >= 11 is 0. The third-order valence-corrected chi connectivity index (χ3v) is 7.72. The van der Waals surface area contributed by atoms with Crippen molar-refractivity contribution in [2.75, 3.05) is 31.6 Å². The van der Waals surface area contributed by atoms with Crippen molar-refractivity contribution in [1.82, 2.24) is 10.2 Å². The Kier molecular flexibility index (Phi) is 11.4. The molecule has 0 saturated carbocycles. The molecule has 11 heteroatoms. The number of nitrogens with zero attached hydrogens (tertiary/aromatic N) is 1. The molecule has 2 saturated heterocycles. The highest BCUT2D eigenvalue weighted by molar-refractivity contribution is 5.91. The van der Waals surface area contributed by atoms with Crippen LogP contribution in [0.4, 0.5) is 10.5 Å². The van der Waals surface area contributed by atoms with Gasteiger partial charge in [-0.3, -0.25) is 14.5 Å². The third kappa shape index (κ3) is 9.01. The number of aliphatic hydroxyl groups is 1. The van der Waals surface area contributed by atoms with Crippen molar-refractivity contribution in [3.05, 3.63) is 65.2 Å². The SMILES string of the molecule is CCOC(=O)CNC(=O)Nc1ccc(C2OC(CN3CCCC3C(=O)OC(C)(C)C)C(C)C(c3ccc(CO)cc3)O2)cc1. The van der Waals surface area contributed by atoms with Crippen LogP contribution >= 0.6 is 0 Å². The molecule has 44 heavy (non-hydrogen) atoms. The molecule has 0 aromatic heterocycles. The molecule has 2 aliphatic heterocycles. The van der Waals surface area contributed by atoms with Gasteiger partial charge < -0.3 is 34.7 Å². The Morgan fingerprint density at radius 1 is 1.02 bits per heavy atom. The van der Waals surface area contributed by atoms with Crippen LogP contribution < -0.4 is 10.6 Å². The summed E-state index contributed by atoms with van der Waals surface area (Å²) < 4.78 is 23.7. The van der Waals surface area contributed by atoms with Crippen molar-refractivity contribution in [2.24, 2.45) is 5.92 Å². The molecule has 0 aliphatic carbocycles. The molecule has 0 bridgehead atoms. The number of ether oxygens (including phenoxy) is 4. The van der Waals surface area contributed by atoms with Crippen LogP contribution in [-0.2, 0) is 35.1 Å². The quantitative estimate of drug-likeness (QED) is 0.333. The molecule has 3 N–H and O–H groups in total. The molecule has 240 valence electrons. The number of hydrogen-bond donors (Lipinski definition) is 3. The predicted molar refractivity (Wildman–Crippen MR) is 164 cm³/mol. The lowest BCUT2D eigenvalue weighted by atomic mass is 9.90. The number of carbonyl (C=O) groups is 3. The molecule has 0 spiro atoms. The lowest BCUT2D eigenvalue weighted by Gasteiger charge is -2.43. The zero-order valence-electron chi connectivity index (χ0n) is 26.2. The summed E-state index contributed by atoms with van der Waals surface area (Å²) in [6.45, 7) is 10.7. The van der Waals surface area contributed by atoms with Gasteiger partial charge in [0, 0.05) is 23.7 Å². The Labute approximate surface area is 259 Å². The van der Waals surface area contributed by atoms with E-state index in [0.29, 0.717) is 12.2 Å². The van der Waals surface area contributed by atoms with Crippen LogP contribution in [0.25, 0.3) is 0 Å². The number of amides is 2. The van der Waals surface area contributed by atoms with Crippen molar-refractivity contribution in [1.29, 1.82) is 0 Å². The van der Waals surface area contributed by atoms with E-state index in [1.165, 1.54) is 0 Å². The number of benzene rings is 2. The van der Waals surface area contributed by atoms with Gasteiger partial charge in [0.15, 0.2) is 6.29 Å². The number of carbonyl (C=O) groups excluding carboxylic acids is 3. The molecule has 2 heterocycles. The van der Waals surface area contributed by atoms with E-state index in [0.717, 1.165) is 36.1 Å². The highest BCUT2D eigenvalue weighted by Gasteiger charge is 2.42. The summed E-state index contributed by atoms with van der Waals surface area (Å²) in [4.78, 5) is 38.9. The van der Waals surface area contributed by atoms with Gasteiger partial charge >= 0.3 is 18.0 Å². The van der Waals surface area contributed by atoms with E-state index in [1.807, 2.05) is 57.2 Å². The standard InChI is InChI=1S/C33H45N3O8/c1-6-41-28(38)18-34-32(40)35-25-15-13-24(14-16-25)31-42-27(19-36-17-7-8-26(36)30(39)44-33(3,4)5)21(2)29(43-31)23-11-9-22(20-37)10-12-23/h9-16,21,26-27,29,31,37H,6-8,17-20H2,1-5H3,(H2,34,35,40). The monoisotopic (exact) mass is 611 g/mol. The molecule has 11 nitrogen and oxygen atoms in total. The maximum absolute atomic E-state index is 13.0. The topological polar surface area (TPSA) is 136 Å². The minimum Gasteiger partial charge on any atom is -0.465 e. The van der Waals surface area contributed by atoms with Crippen molar-refractivity contribution in [3.8, 4) is 0 Å². The van der Waals surface area contributed by atoms with Crippen LogP contribution in [0.15, 0.2) is 48.5 Å². The fourth-order valence-electron chi connectivity index (χ4n) is 5.50.